The monoisotopic (exact) mass is 328 g/mol. The summed E-state index contributed by atoms with van der Waals surface area (Å²) in [5, 5.41) is 8.54. The number of hydrogen-bond acceptors (Lipinski definition) is 3. The van der Waals surface area contributed by atoms with Gasteiger partial charge < -0.3 is 9.84 Å². The number of unbranched alkanes of at least 4 members (excludes halogenated alkanes) is 1. The van der Waals surface area contributed by atoms with Crippen LogP contribution in [0.4, 0.5) is 0 Å². The van der Waals surface area contributed by atoms with Gasteiger partial charge in [-0.05, 0) is 17.7 Å². The molecule has 3 nitrogen and oxygen atoms in total. The molecule has 2 aromatic carbocycles. The van der Waals surface area contributed by atoms with Crippen LogP contribution in [0.2, 0.25) is 0 Å². The normalized spacial score (nSPS) is 8.79. The average Bonchev–Trinajstić information content (AvgIpc) is 2.68. The van der Waals surface area contributed by atoms with E-state index in [4.69, 9.17) is 9.84 Å². The standard InChI is InChI=1S/C10H10O2.C7H8O.C4H10/c1-2-8-12-10(11)9-6-4-3-5-7-9;8-6-7-4-2-1-3-5-7;1-3-4-2/h2-7H,1,8H2;1-5,8H,6H2;3-4H2,1-2H3. The van der Waals surface area contributed by atoms with Crippen molar-refractivity contribution in [1.82, 2.24) is 0 Å². The Hall–Kier alpha value is -2.39. The van der Waals surface area contributed by atoms with Crippen molar-refractivity contribution in [2.45, 2.75) is 33.3 Å². The summed E-state index contributed by atoms with van der Waals surface area (Å²) in [7, 11) is 0. The average molecular weight is 328 g/mol. The molecular formula is C21H28O3. The number of benzene rings is 2. The summed E-state index contributed by atoms with van der Waals surface area (Å²) in [5.41, 5.74) is 1.53. The second kappa shape index (κ2) is 15.5. The van der Waals surface area contributed by atoms with Crippen molar-refractivity contribution in [3.63, 3.8) is 0 Å². The minimum absolute atomic E-state index is 0.140. The molecule has 2 rings (SSSR count). The number of hydrogen-bond donors (Lipinski definition) is 1. The molecule has 3 heteroatoms. The highest BCUT2D eigenvalue weighted by atomic mass is 16.5. The summed E-state index contributed by atoms with van der Waals surface area (Å²) in [6.07, 6.45) is 4.18. The number of ether oxygens (including phenoxy) is 1. The van der Waals surface area contributed by atoms with Crippen LogP contribution < -0.4 is 0 Å². The van der Waals surface area contributed by atoms with Gasteiger partial charge in [-0.25, -0.2) is 4.79 Å². The second-order valence-corrected chi connectivity index (χ2v) is 4.90. The molecule has 130 valence electrons. The first kappa shape index (κ1) is 21.6. The van der Waals surface area contributed by atoms with Crippen molar-refractivity contribution in [2.24, 2.45) is 0 Å². The zero-order valence-corrected chi connectivity index (χ0v) is 14.7. The number of carbonyl (C=O) groups excluding carboxylic acids is 1. The van der Waals surface area contributed by atoms with Crippen molar-refractivity contribution in [1.29, 1.82) is 0 Å². The summed E-state index contributed by atoms with van der Waals surface area (Å²) in [6, 6.07) is 18.4. The van der Waals surface area contributed by atoms with Crippen LogP contribution in [-0.2, 0) is 11.3 Å². The van der Waals surface area contributed by atoms with E-state index >= 15 is 0 Å². The van der Waals surface area contributed by atoms with E-state index < -0.39 is 0 Å². The number of aliphatic hydroxyl groups excluding tert-OH is 1. The van der Waals surface area contributed by atoms with Gasteiger partial charge in [0.25, 0.3) is 0 Å². The first-order valence-electron chi connectivity index (χ1n) is 8.17. The fourth-order valence-electron chi connectivity index (χ4n) is 1.38. The number of rotatable bonds is 5. The van der Waals surface area contributed by atoms with Crippen molar-refractivity contribution in [3.05, 3.63) is 84.4 Å². The van der Waals surface area contributed by atoms with Crippen LogP contribution in [0.25, 0.3) is 0 Å². The fourth-order valence-corrected chi connectivity index (χ4v) is 1.38. The van der Waals surface area contributed by atoms with Gasteiger partial charge in [0.15, 0.2) is 0 Å². The second-order valence-electron chi connectivity index (χ2n) is 4.90. The summed E-state index contributed by atoms with van der Waals surface area (Å²) < 4.78 is 4.82. The molecule has 0 fully saturated rings. The lowest BCUT2D eigenvalue weighted by Crippen LogP contribution is -2.04. The molecule has 0 saturated heterocycles. The van der Waals surface area contributed by atoms with Gasteiger partial charge in [-0.1, -0.05) is 87.9 Å². The molecule has 1 N–H and O–H groups in total. The van der Waals surface area contributed by atoms with Crippen LogP contribution in [0.3, 0.4) is 0 Å². The molecular weight excluding hydrogens is 300 g/mol. The molecule has 0 atom stereocenters. The van der Waals surface area contributed by atoms with Crippen molar-refractivity contribution in [2.75, 3.05) is 6.61 Å². The van der Waals surface area contributed by atoms with Gasteiger partial charge in [0.2, 0.25) is 0 Å². The predicted octanol–water partition coefficient (Wildman–Crippen LogP) is 5.01. The minimum atomic E-state index is -0.310. The molecule has 0 saturated carbocycles. The van der Waals surface area contributed by atoms with Crippen LogP contribution >= 0.6 is 0 Å². The summed E-state index contributed by atoms with van der Waals surface area (Å²) >= 11 is 0. The molecule has 0 aliphatic heterocycles. The minimum Gasteiger partial charge on any atom is -0.458 e. The zero-order chi connectivity index (χ0) is 18.0. The fraction of sp³-hybridized carbons (Fsp3) is 0.286. The molecule has 0 bridgehead atoms. The number of aliphatic hydroxyl groups is 1. The van der Waals surface area contributed by atoms with Gasteiger partial charge in [-0.3, -0.25) is 0 Å². The number of esters is 1. The Morgan fingerprint density at radius 3 is 1.88 bits per heavy atom. The maximum Gasteiger partial charge on any atom is 0.338 e. The highest BCUT2D eigenvalue weighted by Gasteiger charge is 2.02. The predicted molar refractivity (Wildman–Crippen MR) is 99.9 cm³/mol. The molecule has 0 aromatic heterocycles. The van der Waals surface area contributed by atoms with Crippen LogP contribution in [0.5, 0.6) is 0 Å². The third kappa shape index (κ3) is 11.2. The molecule has 0 radical (unpaired) electrons. The van der Waals surface area contributed by atoms with E-state index in [0.717, 1.165) is 5.56 Å². The van der Waals surface area contributed by atoms with E-state index in [9.17, 15) is 4.79 Å². The topological polar surface area (TPSA) is 46.5 Å². The largest absolute Gasteiger partial charge is 0.458 e. The maximum absolute atomic E-state index is 11.1. The Labute approximate surface area is 145 Å². The first-order valence-corrected chi connectivity index (χ1v) is 8.17. The third-order valence-electron chi connectivity index (χ3n) is 2.87. The van der Waals surface area contributed by atoms with Gasteiger partial charge in [0.1, 0.15) is 6.61 Å². The van der Waals surface area contributed by atoms with Gasteiger partial charge in [0, 0.05) is 0 Å². The van der Waals surface area contributed by atoms with Crippen LogP contribution in [0, 0.1) is 0 Å². The van der Waals surface area contributed by atoms with E-state index in [1.54, 1.807) is 30.3 Å². The smallest absolute Gasteiger partial charge is 0.338 e. The quantitative estimate of drug-likeness (QED) is 0.619. The van der Waals surface area contributed by atoms with Crippen molar-refractivity contribution >= 4 is 5.97 Å². The molecule has 0 unspecified atom stereocenters. The summed E-state index contributed by atoms with van der Waals surface area (Å²) in [4.78, 5) is 11.1. The lowest BCUT2D eigenvalue weighted by atomic mass is 10.2. The lowest BCUT2D eigenvalue weighted by Gasteiger charge is -1.99. The number of carbonyl (C=O) groups is 1. The Kier molecular flexibility index (Phi) is 14.0. The molecule has 0 amide bonds. The van der Waals surface area contributed by atoms with Crippen LogP contribution in [0.1, 0.15) is 42.6 Å². The third-order valence-corrected chi connectivity index (χ3v) is 2.87. The Morgan fingerprint density at radius 1 is 1.00 bits per heavy atom. The van der Waals surface area contributed by atoms with E-state index in [1.165, 1.54) is 12.8 Å². The lowest BCUT2D eigenvalue weighted by molar-refractivity contribution is 0.0549. The van der Waals surface area contributed by atoms with Crippen LogP contribution in [0.15, 0.2) is 73.3 Å². The van der Waals surface area contributed by atoms with E-state index in [0.29, 0.717) is 5.56 Å². The Bertz CT molecular complexity index is 534. The zero-order valence-electron chi connectivity index (χ0n) is 14.7. The van der Waals surface area contributed by atoms with E-state index in [2.05, 4.69) is 20.4 Å². The highest BCUT2D eigenvalue weighted by Crippen LogP contribution is 2.00. The van der Waals surface area contributed by atoms with E-state index in [1.807, 2.05) is 36.4 Å². The highest BCUT2D eigenvalue weighted by molar-refractivity contribution is 5.89. The first-order chi connectivity index (χ1) is 11.7. The van der Waals surface area contributed by atoms with Crippen molar-refractivity contribution < 1.29 is 14.6 Å². The molecule has 0 spiro atoms. The van der Waals surface area contributed by atoms with Gasteiger partial charge in [-0.2, -0.15) is 0 Å². The van der Waals surface area contributed by atoms with Gasteiger partial charge in [0.05, 0.1) is 12.2 Å². The summed E-state index contributed by atoms with van der Waals surface area (Å²) in [6.45, 7) is 8.21. The summed E-state index contributed by atoms with van der Waals surface area (Å²) in [5.74, 6) is -0.310. The van der Waals surface area contributed by atoms with Gasteiger partial charge in [-0.15, -0.1) is 0 Å². The van der Waals surface area contributed by atoms with E-state index in [-0.39, 0.29) is 19.2 Å². The van der Waals surface area contributed by atoms with Crippen molar-refractivity contribution in [3.8, 4) is 0 Å². The molecule has 0 aliphatic rings. The maximum atomic E-state index is 11.1. The Morgan fingerprint density at radius 2 is 1.50 bits per heavy atom. The molecule has 24 heavy (non-hydrogen) atoms. The van der Waals surface area contributed by atoms with Crippen LogP contribution in [-0.4, -0.2) is 17.7 Å². The van der Waals surface area contributed by atoms with Gasteiger partial charge >= 0.3 is 5.97 Å². The SMILES string of the molecule is C=CCOC(=O)c1ccccc1.CCCC.OCc1ccccc1. The molecule has 0 aliphatic carbocycles. The molecule has 2 aromatic rings. The molecule has 0 heterocycles. The Balaban J connectivity index is 0.000000379.